The molecule has 0 spiro atoms. The molecule has 0 aliphatic heterocycles. The summed E-state index contributed by atoms with van der Waals surface area (Å²) in [7, 11) is 0. The number of aliphatic hydroxyl groups is 1. The zero-order valence-electron chi connectivity index (χ0n) is 11.3. The second kappa shape index (κ2) is 4.35. The van der Waals surface area contributed by atoms with Crippen LogP contribution in [-0.4, -0.2) is 15.2 Å². The van der Waals surface area contributed by atoms with Crippen molar-refractivity contribution >= 4 is 11.1 Å². The molecule has 4 heteroatoms. The van der Waals surface area contributed by atoms with Crippen molar-refractivity contribution in [2.75, 3.05) is 0 Å². The van der Waals surface area contributed by atoms with Gasteiger partial charge in [0.2, 0.25) is 5.89 Å². The molecule has 3 rings (SSSR count). The van der Waals surface area contributed by atoms with Gasteiger partial charge in [-0.25, -0.2) is 4.98 Å². The molecule has 4 nitrogen and oxygen atoms in total. The van der Waals surface area contributed by atoms with Crippen molar-refractivity contribution in [1.29, 1.82) is 0 Å². The van der Waals surface area contributed by atoms with Gasteiger partial charge in [0, 0.05) is 11.1 Å². The summed E-state index contributed by atoms with van der Waals surface area (Å²) in [4.78, 5) is 4.43. The van der Waals surface area contributed by atoms with E-state index in [9.17, 15) is 10.2 Å². The molecule has 0 aliphatic rings. The van der Waals surface area contributed by atoms with Gasteiger partial charge in [0.05, 0.1) is 5.60 Å². The number of nitrogens with zero attached hydrogens (tertiary/aromatic N) is 1. The summed E-state index contributed by atoms with van der Waals surface area (Å²) in [6, 6.07) is 12.2. The van der Waals surface area contributed by atoms with E-state index >= 15 is 0 Å². The van der Waals surface area contributed by atoms with Gasteiger partial charge in [-0.05, 0) is 44.2 Å². The number of hydrogen-bond donors (Lipinski definition) is 2. The van der Waals surface area contributed by atoms with Crippen molar-refractivity contribution in [1.82, 2.24) is 4.98 Å². The fraction of sp³-hybridized carbons (Fsp3) is 0.188. The molecule has 2 aromatic carbocycles. The van der Waals surface area contributed by atoms with E-state index in [1.165, 1.54) is 0 Å². The van der Waals surface area contributed by atoms with Gasteiger partial charge in [-0.3, -0.25) is 0 Å². The van der Waals surface area contributed by atoms with Crippen LogP contribution in [-0.2, 0) is 5.60 Å². The van der Waals surface area contributed by atoms with Crippen LogP contribution in [0.4, 0.5) is 0 Å². The number of phenols is 1. The van der Waals surface area contributed by atoms with E-state index < -0.39 is 5.60 Å². The second-order valence-electron chi connectivity index (χ2n) is 5.28. The molecule has 2 N–H and O–H groups in total. The predicted octanol–water partition coefficient (Wildman–Crippen LogP) is 3.43. The van der Waals surface area contributed by atoms with E-state index in [-0.39, 0.29) is 5.75 Å². The first kappa shape index (κ1) is 12.7. The average molecular weight is 269 g/mol. The maximum atomic E-state index is 10.2. The van der Waals surface area contributed by atoms with Gasteiger partial charge in [-0.2, -0.15) is 0 Å². The third-order valence-corrected chi connectivity index (χ3v) is 3.19. The van der Waals surface area contributed by atoms with Crippen LogP contribution < -0.4 is 0 Å². The van der Waals surface area contributed by atoms with Crippen LogP contribution in [0.1, 0.15) is 19.4 Å². The van der Waals surface area contributed by atoms with Crippen molar-refractivity contribution in [2.24, 2.45) is 0 Å². The Hall–Kier alpha value is -2.33. The third kappa shape index (κ3) is 2.14. The van der Waals surface area contributed by atoms with Gasteiger partial charge in [0.1, 0.15) is 11.3 Å². The molecule has 0 saturated heterocycles. The van der Waals surface area contributed by atoms with E-state index in [0.717, 1.165) is 5.56 Å². The Morgan fingerprint density at radius 1 is 1.05 bits per heavy atom. The van der Waals surface area contributed by atoms with E-state index in [0.29, 0.717) is 22.6 Å². The van der Waals surface area contributed by atoms with Gasteiger partial charge in [0.25, 0.3) is 0 Å². The molecule has 3 aromatic rings. The van der Waals surface area contributed by atoms with Gasteiger partial charge in [-0.15, -0.1) is 0 Å². The van der Waals surface area contributed by atoms with Crippen molar-refractivity contribution in [2.45, 2.75) is 19.4 Å². The monoisotopic (exact) mass is 269 g/mol. The molecule has 0 radical (unpaired) electrons. The third-order valence-electron chi connectivity index (χ3n) is 3.19. The first-order chi connectivity index (χ1) is 9.45. The van der Waals surface area contributed by atoms with Crippen molar-refractivity contribution < 1.29 is 14.6 Å². The van der Waals surface area contributed by atoms with Gasteiger partial charge >= 0.3 is 0 Å². The Balaban J connectivity index is 2.18. The molecule has 102 valence electrons. The number of hydrogen-bond acceptors (Lipinski definition) is 4. The minimum atomic E-state index is -0.995. The molecule has 1 heterocycles. The van der Waals surface area contributed by atoms with Gasteiger partial charge in [-0.1, -0.05) is 12.1 Å². The van der Waals surface area contributed by atoms with Crippen LogP contribution in [0.15, 0.2) is 46.9 Å². The summed E-state index contributed by atoms with van der Waals surface area (Å²) in [6.45, 7) is 3.43. The minimum absolute atomic E-state index is 0.196. The molecule has 20 heavy (non-hydrogen) atoms. The van der Waals surface area contributed by atoms with Crippen LogP contribution in [0.25, 0.3) is 22.6 Å². The fourth-order valence-electron chi connectivity index (χ4n) is 2.16. The molecule has 0 fully saturated rings. The first-order valence-corrected chi connectivity index (χ1v) is 6.37. The molecule has 1 aromatic heterocycles. The maximum absolute atomic E-state index is 10.2. The Labute approximate surface area is 116 Å². The zero-order chi connectivity index (χ0) is 14.3. The number of benzene rings is 2. The minimum Gasteiger partial charge on any atom is -0.508 e. The highest BCUT2D eigenvalue weighted by atomic mass is 16.4. The SMILES string of the molecule is CC(C)(O)c1cccc2nc(-c3ccc(O)cc3)oc12. The van der Waals surface area contributed by atoms with Crippen molar-refractivity contribution in [3.8, 4) is 17.2 Å². The Morgan fingerprint density at radius 3 is 2.40 bits per heavy atom. The first-order valence-electron chi connectivity index (χ1n) is 6.37. The number of aromatic hydroxyl groups is 1. The van der Waals surface area contributed by atoms with Crippen LogP contribution in [0.3, 0.4) is 0 Å². The Morgan fingerprint density at radius 2 is 1.75 bits per heavy atom. The number of fused-ring (bicyclic) bond motifs is 1. The number of phenolic OH excluding ortho intramolecular Hbond substituents is 1. The summed E-state index contributed by atoms with van der Waals surface area (Å²) in [5, 5.41) is 19.5. The lowest BCUT2D eigenvalue weighted by atomic mass is 9.98. The highest BCUT2D eigenvalue weighted by molar-refractivity contribution is 5.80. The number of rotatable bonds is 2. The van der Waals surface area contributed by atoms with Crippen LogP contribution >= 0.6 is 0 Å². The molecular formula is C16H15NO3. The normalized spacial score (nSPS) is 11.9. The van der Waals surface area contributed by atoms with E-state index in [1.807, 2.05) is 18.2 Å². The molecule has 0 unspecified atom stereocenters. The summed E-state index contributed by atoms with van der Waals surface area (Å²) < 4.78 is 5.80. The summed E-state index contributed by atoms with van der Waals surface area (Å²) in [5.74, 6) is 0.666. The average Bonchev–Trinajstić information content (AvgIpc) is 2.81. The largest absolute Gasteiger partial charge is 0.508 e. The standard InChI is InChI=1S/C16H15NO3/c1-16(2,19)12-4-3-5-13-14(12)20-15(17-13)10-6-8-11(18)9-7-10/h3-9,18-19H,1-2H3. The molecular weight excluding hydrogens is 254 g/mol. The van der Waals surface area contributed by atoms with E-state index in [4.69, 9.17) is 4.42 Å². The lowest BCUT2D eigenvalue weighted by Crippen LogP contribution is -2.15. The Kier molecular flexibility index (Phi) is 2.76. The molecule has 0 aliphatic carbocycles. The van der Waals surface area contributed by atoms with Crippen molar-refractivity contribution in [3.63, 3.8) is 0 Å². The topological polar surface area (TPSA) is 66.5 Å². The number of oxazole rings is 1. The van der Waals surface area contributed by atoms with Gasteiger partial charge in [0.15, 0.2) is 5.58 Å². The maximum Gasteiger partial charge on any atom is 0.227 e. The number of aromatic nitrogens is 1. The van der Waals surface area contributed by atoms with Crippen molar-refractivity contribution in [3.05, 3.63) is 48.0 Å². The predicted molar refractivity (Wildman–Crippen MR) is 76.4 cm³/mol. The smallest absolute Gasteiger partial charge is 0.227 e. The summed E-state index contributed by atoms with van der Waals surface area (Å²) in [5.41, 5.74) is 1.77. The lowest BCUT2D eigenvalue weighted by Gasteiger charge is -2.17. The van der Waals surface area contributed by atoms with Crippen LogP contribution in [0.2, 0.25) is 0 Å². The van der Waals surface area contributed by atoms with E-state index in [1.54, 1.807) is 38.1 Å². The molecule has 0 atom stereocenters. The molecule has 0 amide bonds. The molecule has 0 saturated carbocycles. The summed E-state index contributed by atoms with van der Waals surface area (Å²) in [6.07, 6.45) is 0. The van der Waals surface area contributed by atoms with Gasteiger partial charge < -0.3 is 14.6 Å². The summed E-state index contributed by atoms with van der Waals surface area (Å²) >= 11 is 0. The fourth-order valence-corrected chi connectivity index (χ4v) is 2.16. The lowest BCUT2D eigenvalue weighted by molar-refractivity contribution is 0.0792. The van der Waals surface area contributed by atoms with Crippen LogP contribution in [0.5, 0.6) is 5.75 Å². The van der Waals surface area contributed by atoms with E-state index in [2.05, 4.69) is 4.98 Å². The highest BCUT2D eigenvalue weighted by Crippen LogP contribution is 2.32. The highest BCUT2D eigenvalue weighted by Gasteiger charge is 2.22. The molecule has 0 bridgehead atoms. The zero-order valence-corrected chi connectivity index (χ0v) is 11.3. The quantitative estimate of drug-likeness (QED) is 0.748. The second-order valence-corrected chi connectivity index (χ2v) is 5.28. The van der Waals surface area contributed by atoms with Crippen LogP contribution in [0, 0.1) is 0 Å². The Bertz CT molecular complexity index is 751. The number of para-hydroxylation sites is 1.